The Kier molecular flexibility index (Phi) is 5.41. The average Bonchev–Trinajstić information content (AvgIpc) is 3.28. The van der Waals surface area contributed by atoms with Crippen molar-refractivity contribution in [3.05, 3.63) is 29.3 Å². The number of hydrogen-bond acceptors (Lipinski definition) is 3. The molecule has 2 rings (SSSR count). The third kappa shape index (κ3) is 4.53. The number of rotatable bonds is 8. The van der Waals surface area contributed by atoms with Gasteiger partial charge >= 0.3 is 0 Å². The van der Waals surface area contributed by atoms with Gasteiger partial charge in [-0.3, -0.25) is 0 Å². The molecule has 0 saturated heterocycles. The molecule has 5 heteroatoms. The molecule has 4 nitrogen and oxygen atoms in total. The summed E-state index contributed by atoms with van der Waals surface area (Å²) in [6.45, 7) is 6.59. The Morgan fingerprint density at radius 3 is 2.57 bits per heavy atom. The van der Waals surface area contributed by atoms with E-state index in [0.717, 1.165) is 24.1 Å². The average molecular weight is 310 g/mol. The third-order valence-electron chi connectivity index (χ3n) is 3.94. The van der Waals surface area contributed by atoms with Crippen molar-refractivity contribution >= 4 is 10.0 Å². The quantitative estimate of drug-likeness (QED) is 0.776. The highest BCUT2D eigenvalue weighted by Crippen LogP contribution is 2.22. The van der Waals surface area contributed by atoms with Gasteiger partial charge in [0.15, 0.2) is 0 Å². The van der Waals surface area contributed by atoms with Gasteiger partial charge in [-0.05, 0) is 49.8 Å². The molecule has 1 unspecified atom stereocenters. The second-order valence-electron chi connectivity index (χ2n) is 5.88. The van der Waals surface area contributed by atoms with E-state index in [1.54, 1.807) is 0 Å². The number of hydrogen-bond donors (Lipinski definition) is 2. The summed E-state index contributed by atoms with van der Waals surface area (Å²) >= 11 is 0. The summed E-state index contributed by atoms with van der Waals surface area (Å²) in [6, 6.07) is 6.35. The molecule has 0 aromatic heterocycles. The van der Waals surface area contributed by atoms with Crippen LogP contribution in [0.15, 0.2) is 23.1 Å². The normalized spacial score (nSPS) is 16.9. The van der Waals surface area contributed by atoms with Crippen LogP contribution in [0.4, 0.5) is 0 Å². The topological polar surface area (TPSA) is 58.2 Å². The summed E-state index contributed by atoms with van der Waals surface area (Å²) in [5.41, 5.74) is 1.91. The predicted octanol–water partition coefficient (Wildman–Crippen LogP) is 2.58. The summed E-state index contributed by atoms with van der Waals surface area (Å²) in [5.74, 6) is 0. The van der Waals surface area contributed by atoms with Crippen LogP contribution in [-0.2, 0) is 23.0 Å². The molecule has 0 aliphatic heterocycles. The maximum atomic E-state index is 12.6. The highest BCUT2D eigenvalue weighted by atomic mass is 32.2. The smallest absolute Gasteiger partial charge is 0.241 e. The fourth-order valence-electron chi connectivity index (χ4n) is 2.21. The van der Waals surface area contributed by atoms with E-state index in [0.29, 0.717) is 17.4 Å². The highest BCUT2D eigenvalue weighted by Gasteiger charge is 2.22. The minimum Gasteiger partial charge on any atom is -0.310 e. The van der Waals surface area contributed by atoms with Gasteiger partial charge in [0.25, 0.3) is 0 Å². The molecule has 1 atom stereocenters. The van der Waals surface area contributed by atoms with Gasteiger partial charge in [0.05, 0.1) is 4.90 Å². The molecule has 1 aliphatic carbocycles. The van der Waals surface area contributed by atoms with E-state index in [1.165, 1.54) is 12.8 Å². The fourth-order valence-corrected chi connectivity index (χ4v) is 3.90. The minimum absolute atomic E-state index is 0.0482. The van der Waals surface area contributed by atoms with E-state index >= 15 is 0 Å². The van der Waals surface area contributed by atoms with Gasteiger partial charge in [-0.1, -0.05) is 26.0 Å². The fraction of sp³-hybridized carbons (Fsp3) is 0.625. The molecule has 2 N–H and O–H groups in total. The van der Waals surface area contributed by atoms with E-state index in [4.69, 9.17) is 0 Å². The Bertz CT molecular complexity index is 580. The zero-order valence-electron chi connectivity index (χ0n) is 13.1. The second-order valence-corrected chi connectivity index (χ2v) is 7.56. The first-order valence-electron chi connectivity index (χ1n) is 7.83. The van der Waals surface area contributed by atoms with Crippen LogP contribution in [0.25, 0.3) is 0 Å². The van der Waals surface area contributed by atoms with Crippen LogP contribution in [0.1, 0.15) is 51.2 Å². The molecule has 1 saturated carbocycles. The Hall–Kier alpha value is -0.910. The van der Waals surface area contributed by atoms with Crippen molar-refractivity contribution in [2.24, 2.45) is 0 Å². The molecule has 0 heterocycles. The summed E-state index contributed by atoms with van der Waals surface area (Å²) in [4.78, 5) is 0.431. The van der Waals surface area contributed by atoms with E-state index in [-0.39, 0.29) is 6.04 Å². The van der Waals surface area contributed by atoms with E-state index in [1.807, 2.05) is 39.0 Å². The van der Waals surface area contributed by atoms with Crippen molar-refractivity contribution in [2.75, 3.05) is 0 Å². The van der Waals surface area contributed by atoms with Gasteiger partial charge in [-0.15, -0.1) is 0 Å². The molecule has 1 aliphatic rings. The molecule has 1 aromatic carbocycles. The van der Waals surface area contributed by atoms with Crippen LogP contribution in [0.5, 0.6) is 0 Å². The molecular weight excluding hydrogens is 284 g/mol. The van der Waals surface area contributed by atoms with Crippen molar-refractivity contribution in [3.63, 3.8) is 0 Å². The van der Waals surface area contributed by atoms with Crippen molar-refractivity contribution in [3.8, 4) is 0 Å². The standard InChI is InChI=1S/C16H26N2O2S/c1-4-12(3)18-21(19,20)16-10-13(6-7-14(16)5-2)11-17-15-8-9-15/h6-7,10,12,15,17-18H,4-5,8-9,11H2,1-3H3. The first-order chi connectivity index (χ1) is 9.96. The van der Waals surface area contributed by atoms with Crippen LogP contribution in [0.3, 0.4) is 0 Å². The van der Waals surface area contributed by atoms with Gasteiger partial charge in [0.1, 0.15) is 0 Å². The minimum atomic E-state index is -3.44. The molecule has 1 aromatic rings. The lowest BCUT2D eigenvalue weighted by Crippen LogP contribution is -2.32. The number of nitrogens with one attached hydrogen (secondary N) is 2. The van der Waals surface area contributed by atoms with Gasteiger partial charge in [0, 0.05) is 18.6 Å². The summed E-state index contributed by atoms with van der Waals surface area (Å²) in [6.07, 6.45) is 3.96. The van der Waals surface area contributed by atoms with Gasteiger partial charge in [-0.2, -0.15) is 0 Å². The second kappa shape index (κ2) is 6.90. The van der Waals surface area contributed by atoms with Crippen molar-refractivity contribution in [2.45, 2.75) is 70.0 Å². The monoisotopic (exact) mass is 310 g/mol. The Balaban J connectivity index is 2.23. The molecular formula is C16H26N2O2S. The molecule has 0 spiro atoms. The van der Waals surface area contributed by atoms with Gasteiger partial charge in [0.2, 0.25) is 10.0 Å². The van der Waals surface area contributed by atoms with Crippen LogP contribution >= 0.6 is 0 Å². The lowest BCUT2D eigenvalue weighted by molar-refractivity contribution is 0.554. The zero-order chi connectivity index (χ0) is 15.5. The van der Waals surface area contributed by atoms with Crippen LogP contribution in [0, 0.1) is 0 Å². The largest absolute Gasteiger partial charge is 0.310 e. The summed E-state index contributed by atoms with van der Waals surface area (Å²) < 4.78 is 27.9. The lowest BCUT2D eigenvalue weighted by atomic mass is 10.1. The zero-order valence-corrected chi connectivity index (χ0v) is 14.0. The van der Waals surface area contributed by atoms with Gasteiger partial charge < -0.3 is 5.32 Å². The molecule has 1 fully saturated rings. The van der Waals surface area contributed by atoms with Crippen LogP contribution in [-0.4, -0.2) is 20.5 Å². The Labute approximate surface area is 128 Å². The third-order valence-corrected chi connectivity index (χ3v) is 5.61. The van der Waals surface area contributed by atoms with Crippen LogP contribution < -0.4 is 10.0 Å². The maximum absolute atomic E-state index is 12.6. The van der Waals surface area contributed by atoms with E-state index in [9.17, 15) is 8.42 Å². The van der Waals surface area contributed by atoms with Crippen molar-refractivity contribution in [1.82, 2.24) is 10.0 Å². The van der Waals surface area contributed by atoms with Gasteiger partial charge in [-0.25, -0.2) is 13.1 Å². The highest BCUT2D eigenvalue weighted by molar-refractivity contribution is 7.89. The Morgan fingerprint density at radius 1 is 1.29 bits per heavy atom. The first kappa shape index (κ1) is 16.5. The lowest BCUT2D eigenvalue weighted by Gasteiger charge is -2.16. The molecule has 0 bridgehead atoms. The van der Waals surface area contributed by atoms with Crippen LogP contribution in [0.2, 0.25) is 0 Å². The predicted molar refractivity (Wildman–Crippen MR) is 85.8 cm³/mol. The Morgan fingerprint density at radius 2 is 2.00 bits per heavy atom. The molecule has 0 radical (unpaired) electrons. The molecule has 118 valence electrons. The number of sulfonamides is 1. The van der Waals surface area contributed by atoms with E-state index < -0.39 is 10.0 Å². The van der Waals surface area contributed by atoms with Crippen molar-refractivity contribution < 1.29 is 8.42 Å². The number of benzene rings is 1. The number of aryl methyl sites for hydroxylation is 1. The first-order valence-corrected chi connectivity index (χ1v) is 9.32. The molecule has 0 amide bonds. The molecule has 21 heavy (non-hydrogen) atoms. The summed E-state index contributed by atoms with van der Waals surface area (Å²) in [5, 5.41) is 3.43. The van der Waals surface area contributed by atoms with Crippen molar-refractivity contribution in [1.29, 1.82) is 0 Å². The summed E-state index contributed by atoms with van der Waals surface area (Å²) in [7, 11) is -3.44. The maximum Gasteiger partial charge on any atom is 0.241 e. The van der Waals surface area contributed by atoms with E-state index in [2.05, 4.69) is 10.0 Å². The SMILES string of the molecule is CCc1ccc(CNC2CC2)cc1S(=O)(=O)NC(C)CC.